The summed E-state index contributed by atoms with van der Waals surface area (Å²) in [5.74, 6) is 2.00. The van der Waals surface area contributed by atoms with Crippen LogP contribution >= 0.6 is 0 Å². The van der Waals surface area contributed by atoms with Crippen LogP contribution in [0, 0.1) is 0 Å². The first kappa shape index (κ1) is 13.3. The molecule has 5 nitrogen and oxygen atoms in total. The Labute approximate surface area is 109 Å². The van der Waals surface area contributed by atoms with Crippen molar-refractivity contribution in [2.24, 2.45) is 15.7 Å². The van der Waals surface area contributed by atoms with Gasteiger partial charge in [0.1, 0.15) is 0 Å². The van der Waals surface area contributed by atoms with Crippen molar-refractivity contribution in [3.63, 3.8) is 0 Å². The van der Waals surface area contributed by atoms with E-state index in [2.05, 4.69) is 20.6 Å². The molecular formula is C13H25N5. The predicted molar refractivity (Wildman–Crippen MR) is 76.3 cm³/mol. The molecule has 0 fully saturated rings. The highest BCUT2D eigenvalue weighted by molar-refractivity contribution is 5.83. The lowest BCUT2D eigenvalue weighted by Gasteiger charge is -2.11. The second kappa shape index (κ2) is 7.36. The molecule has 4 N–H and O–H groups in total. The van der Waals surface area contributed by atoms with Crippen LogP contribution in [0.4, 0.5) is 0 Å². The summed E-state index contributed by atoms with van der Waals surface area (Å²) in [4.78, 5) is 8.94. The monoisotopic (exact) mass is 251 g/mol. The van der Waals surface area contributed by atoms with Crippen molar-refractivity contribution < 1.29 is 0 Å². The summed E-state index contributed by atoms with van der Waals surface area (Å²) in [5.41, 5.74) is 5.84. The molecule has 1 unspecified atom stereocenters. The highest BCUT2D eigenvalue weighted by atomic mass is 15.1. The molecule has 2 rings (SSSR count). The topological polar surface area (TPSA) is 74.8 Å². The first-order valence-corrected chi connectivity index (χ1v) is 7.14. The largest absolute Gasteiger partial charge is 0.387 e. The number of hydrogen-bond acceptors (Lipinski definition) is 5. The Bertz CT molecular complexity index is 311. The molecular weight excluding hydrogens is 226 g/mol. The minimum atomic E-state index is 0.432. The maximum Gasteiger partial charge on any atom is 0.0977 e. The van der Waals surface area contributed by atoms with Crippen molar-refractivity contribution in [2.45, 2.75) is 44.6 Å². The summed E-state index contributed by atoms with van der Waals surface area (Å²) in [5, 5.41) is 6.75. The number of nitrogens with two attached hydrogens (primary N) is 1. The van der Waals surface area contributed by atoms with Crippen LogP contribution in [-0.2, 0) is 0 Å². The van der Waals surface area contributed by atoms with Crippen molar-refractivity contribution in [2.75, 3.05) is 26.2 Å². The normalized spacial score (nSPS) is 24.1. The van der Waals surface area contributed by atoms with E-state index in [4.69, 9.17) is 5.73 Å². The van der Waals surface area contributed by atoms with Gasteiger partial charge in [0.25, 0.3) is 0 Å². The zero-order valence-electron chi connectivity index (χ0n) is 11.1. The van der Waals surface area contributed by atoms with Crippen LogP contribution in [0.5, 0.6) is 0 Å². The molecule has 0 spiro atoms. The summed E-state index contributed by atoms with van der Waals surface area (Å²) in [6.45, 7) is 3.96. The van der Waals surface area contributed by atoms with Crippen molar-refractivity contribution >= 4 is 11.7 Å². The number of amidine groups is 2. The van der Waals surface area contributed by atoms with E-state index in [0.717, 1.165) is 57.1 Å². The van der Waals surface area contributed by atoms with Crippen molar-refractivity contribution in [1.29, 1.82) is 0 Å². The molecule has 0 saturated carbocycles. The van der Waals surface area contributed by atoms with Crippen molar-refractivity contribution in [3.8, 4) is 0 Å². The SMILES string of the molecule is NC1=NC(CCNCCC2=NCCN2)CCCC1. The minimum absolute atomic E-state index is 0.432. The van der Waals surface area contributed by atoms with Gasteiger partial charge >= 0.3 is 0 Å². The fraction of sp³-hybridized carbons (Fsp3) is 0.846. The fourth-order valence-electron chi connectivity index (χ4n) is 2.47. The van der Waals surface area contributed by atoms with Gasteiger partial charge < -0.3 is 16.4 Å². The summed E-state index contributed by atoms with van der Waals surface area (Å²) < 4.78 is 0. The molecule has 2 aliphatic rings. The van der Waals surface area contributed by atoms with Gasteiger partial charge in [-0.3, -0.25) is 9.98 Å². The molecule has 2 heterocycles. The first-order chi connectivity index (χ1) is 8.84. The van der Waals surface area contributed by atoms with Crippen LogP contribution in [0.2, 0.25) is 0 Å². The van der Waals surface area contributed by atoms with E-state index < -0.39 is 0 Å². The predicted octanol–water partition coefficient (Wildman–Crippen LogP) is 0.658. The maximum absolute atomic E-state index is 5.84. The lowest BCUT2D eigenvalue weighted by atomic mass is 10.1. The number of nitrogens with zero attached hydrogens (tertiary/aromatic N) is 2. The van der Waals surface area contributed by atoms with E-state index in [9.17, 15) is 0 Å². The van der Waals surface area contributed by atoms with Gasteiger partial charge in [-0.25, -0.2) is 0 Å². The first-order valence-electron chi connectivity index (χ1n) is 7.14. The molecule has 0 aliphatic carbocycles. The van der Waals surface area contributed by atoms with Gasteiger partial charge in [-0.15, -0.1) is 0 Å². The average Bonchev–Trinajstić information content (AvgIpc) is 2.78. The zero-order valence-corrected chi connectivity index (χ0v) is 11.1. The van der Waals surface area contributed by atoms with E-state index in [1.54, 1.807) is 0 Å². The fourth-order valence-corrected chi connectivity index (χ4v) is 2.47. The average molecular weight is 251 g/mol. The standard InChI is InChI=1S/C13H25N5/c14-12-4-2-1-3-11(18-12)5-7-15-8-6-13-16-9-10-17-13/h11,15H,1-10H2,(H2,14,18)(H,16,17). The summed E-state index contributed by atoms with van der Waals surface area (Å²) in [7, 11) is 0. The van der Waals surface area contributed by atoms with Crippen LogP contribution in [0.3, 0.4) is 0 Å². The van der Waals surface area contributed by atoms with E-state index in [0.29, 0.717) is 6.04 Å². The lowest BCUT2D eigenvalue weighted by Crippen LogP contribution is -2.26. The van der Waals surface area contributed by atoms with Crippen LogP contribution in [-0.4, -0.2) is 43.9 Å². The molecule has 102 valence electrons. The highest BCUT2D eigenvalue weighted by Gasteiger charge is 2.11. The van der Waals surface area contributed by atoms with Gasteiger partial charge in [-0.05, 0) is 25.8 Å². The van der Waals surface area contributed by atoms with Crippen LogP contribution in [0.25, 0.3) is 0 Å². The Morgan fingerprint density at radius 3 is 3.11 bits per heavy atom. The van der Waals surface area contributed by atoms with Gasteiger partial charge in [0.15, 0.2) is 0 Å². The molecule has 1 atom stereocenters. The van der Waals surface area contributed by atoms with Crippen molar-refractivity contribution in [3.05, 3.63) is 0 Å². The summed E-state index contributed by atoms with van der Waals surface area (Å²) in [6, 6.07) is 0.432. The molecule has 0 aromatic rings. The number of hydrogen-bond donors (Lipinski definition) is 3. The molecule has 5 heteroatoms. The van der Waals surface area contributed by atoms with E-state index in [1.807, 2.05) is 0 Å². The molecule has 0 bridgehead atoms. The maximum atomic E-state index is 5.84. The smallest absolute Gasteiger partial charge is 0.0977 e. The highest BCUT2D eigenvalue weighted by Crippen LogP contribution is 2.14. The lowest BCUT2D eigenvalue weighted by molar-refractivity contribution is 0.526. The summed E-state index contributed by atoms with van der Waals surface area (Å²) >= 11 is 0. The molecule has 0 aromatic heterocycles. The Hall–Kier alpha value is -1.10. The van der Waals surface area contributed by atoms with Gasteiger partial charge in [0, 0.05) is 25.9 Å². The van der Waals surface area contributed by atoms with Gasteiger partial charge in [0.2, 0.25) is 0 Å². The van der Waals surface area contributed by atoms with Gasteiger partial charge in [-0.1, -0.05) is 6.42 Å². The van der Waals surface area contributed by atoms with E-state index in [-0.39, 0.29) is 0 Å². The quantitative estimate of drug-likeness (QED) is 0.607. The second-order valence-corrected chi connectivity index (χ2v) is 5.06. The van der Waals surface area contributed by atoms with Gasteiger partial charge in [-0.2, -0.15) is 0 Å². The van der Waals surface area contributed by atoms with Crippen LogP contribution in [0.15, 0.2) is 9.98 Å². The second-order valence-electron chi connectivity index (χ2n) is 5.06. The van der Waals surface area contributed by atoms with Crippen LogP contribution < -0.4 is 16.4 Å². The van der Waals surface area contributed by atoms with Crippen LogP contribution in [0.1, 0.15) is 38.5 Å². The molecule has 0 saturated heterocycles. The minimum Gasteiger partial charge on any atom is -0.387 e. The van der Waals surface area contributed by atoms with Crippen molar-refractivity contribution in [1.82, 2.24) is 10.6 Å². The zero-order chi connectivity index (χ0) is 12.6. The Kier molecular flexibility index (Phi) is 5.45. The third-order valence-corrected chi connectivity index (χ3v) is 3.51. The molecule has 0 aromatic carbocycles. The number of aliphatic imine (C=N–C) groups is 2. The van der Waals surface area contributed by atoms with E-state index in [1.165, 1.54) is 19.3 Å². The molecule has 0 radical (unpaired) electrons. The van der Waals surface area contributed by atoms with Gasteiger partial charge in [0.05, 0.1) is 24.3 Å². The summed E-state index contributed by atoms with van der Waals surface area (Å²) in [6.07, 6.45) is 6.74. The Morgan fingerprint density at radius 1 is 1.33 bits per heavy atom. The molecule has 0 amide bonds. The van der Waals surface area contributed by atoms with E-state index >= 15 is 0 Å². The number of rotatable bonds is 6. The Morgan fingerprint density at radius 2 is 2.28 bits per heavy atom. The molecule has 18 heavy (non-hydrogen) atoms. The third kappa shape index (κ3) is 4.64. The number of nitrogens with one attached hydrogen (secondary N) is 2. The Balaban J connectivity index is 1.55. The third-order valence-electron chi connectivity index (χ3n) is 3.51. The molecule has 2 aliphatic heterocycles.